The molecule has 0 fully saturated rings. The molecule has 3 rings (SSSR count). The van der Waals surface area contributed by atoms with Gasteiger partial charge in [-0.25, -0.2) is 0 Å². The van der Waals surface area contributed by atoms with Crippen LogP contribution < -0.4 is 24.8 Å². The van der Waals surface area contributed by atoms with Crippen LogP contribution in [0.2, 0.25) is 0 Å². The highest BCUT2D eigenvalue weighted by atomic mass is 16.5. The first-order valence-electron chi connectivity index (χ1n) is 10.00. The number of amides is 1. The average molecular weight is 434 g/mol. The van der Waals surface area contributed by atoms with Gasteiger partial charge in [-0.05, 0) is 24.6 Å². The lowest BCUT2D eigenvalue weighted by atomic mass is 10.0. The number of nitrogens with one attached hydrogen (secondary N) is 2. The largest absolute Gasteiger partial charge is 0.493 e. The number of carbonyl (C=O) groups is 2. The van der Waals surface area contributed by atoms with Crippen LogP contribution in [0.15, 0.2) is 66.7 Å². The van der Waals surface area contributed by atoms with Crippen LogP contribution in [0.1, 0.15) is 28.9 Å². The van der Waals surface area contributed by atoms with Crippen LogP contribution in [-0.4, -0.2) is 33.0 Å². The number of methoxy groups -OCH3 is 3. The van der Waals surface area contributed by atoms with Crippen LogP contribution in [0.5, 0.6) is 17.2 Å². The molecular weight excluding hydrogens is 408 g/mol. The number of ketones is 1. The van der Waals surface area contributed by atoms with E-state index in [1.165, 1.54) is 28.3 Å². The van der Waals surface area contributed by atoms with Gasteiger partial charge >= 0.3 is 0 Å². The van der Waals surface area contributed by atoms with Gasteiger partial charge < -0.3 is 24.8 Å². The number of Topliss-reactive ketones (excluding diaryl/α,β-unsaturated/α-hetero) is 1. The standard InChI is InChI=1S/C25H26N2O5/c1-16(28)18-11-8-12-19(13-18)27-25(29)23(17-9-6-5-7-10-17)26-20-14-21(30-2)24(32-4)22(15-20)31-3/h5-15,23,26H,1-4H3,(H,27,29)/t23-/m1/s1. The van der Waals surface area contributed by atoms with Crippen LogP contribution in [0, 0.1) is 0 Å². The molecule has 0 unspecified atom stereocenters. The van der Waals surface area contributed by atoms with Crippen molar-refractivity contribution < 1.29 is 23.8 Å². The van der Waals surface area contributed by atoms with Gasteiger partial charge in [0.05, 0.1) is 21.3 Å². The molecule has 7 nitrogen and oxygen atoms in total. The zero-order valence-corrected chi connectivity index (χ0v) is 18.5. The van der Waals surface area contributed by atoms with E-state index in [4.69, 9.17) is 14.2 Å². The van der Waals surface area contributed by atoms with E-state index in [2.05, 4.69) is 10.6 Å². The summed E-state index contributed by atoms with van der Waals surface area (Å²) in [5.41, 5.74) is 2.44. The summed E-state index contributed by atoms with van der Waals surface area (Å²) in [6.07, 6.45) is 0. The van der Waals surface area contributed by atoms with E-state index >= 15 is 0 Å². The van der Waals surface area contributed by atoms with Gasteiger partial charge in [0.2, 0.25) is 5.75 Å². The molecule has 32 heavy (non-hydrogen) atoms. The smallest absolute Gasteiger partial charge is 0.251 e. The molecule has 7 heteroatoms. The molecule has 1 amide bonds. The summed E-state index contributed by atoms with van der Waals surface area (Å²) in [6.45, 7) is 1.49. The summed E-state index contributed by atoms with van der Waals surface area (Å²) in [6, 6.07) is 18.9. The first kappa shape index (κ1) is 22.7. The Balaban J connectivity index is 1.95. The van der Waals surface area contributed by atoms with Crippen molar-refractivity contribution in [2.45, 2.75) is 13.0 Å². The van der Waals surface area contributed by atoms with Gasteiger partial charge in [-0.3, -0.25) is 9.59 Å². The fourth-order valence-corrected chi connectivity index (χ4v) is 3.31. The molecule has 2 N–H and O–H groups in total. The summed E-state index contributed by atoms with van der Waals surface area (Å²) in [7, 11) is 4.60. The Morgan fingerprint density at radius 3 is 2.00 bits per heavy atom. The average Bonchev–Trinajstić information content (AvgIpc) is 2.82. The summed E-state index contributed by atoms with van der Waals surface area (Å²) >= 11 is 0. The topological polar surface area (TPSA) is 85.9 Å². The van der Waals surface area contributed by atoms with Crippen molar-refractivity contribution in [1.82, 2.24) is 0 Å². The maximum atomic E-state index is 13.3. The number of anilines is 2. The maximum Gasteiger partial charge on any atom is 0.251 e. The minimum Gasteiger partial charge on any atom is -0.493 e. The molecule has 166 valence electrons. The molecule has 0 aromatic heterocycles. The predicted octanol–water partition coefficient (Wildman–Crippen LogP) is 4.71. The third-order valence-electron chi connectivity index (χ3n) is 4.91. The molecule has 0 saturated carbocycles. The third-order valence-corrected chi connectivity index (χ3v) is 4.91. The lowest BCUT2D eigenvalue weighted by Crippen LogP contribution is -2.27. The quantitative estimate of drug-likeness (QED) is 0.475. The summed E-state index contributed by atoms with van der Waals surface area (Å²) in [5.74, 6) is 1.04. The van der Waals surface area contributed by atoms with Crippen molar-refractivity contribution in [3.8, 4) is 17.2 Å². The molecule has 0 bridgehead atoms. The predicted molar refractivity (Wildman–Crippen MR) is 124 cm³/mol. The molecule has 0 aliphatic rings. The number of rotatable bonds is 9. The normalized spacial score (nSPS) is 11.2. The van der Waals surface area contributed by atoms with Crippen LogP contribution in [0.25, 0.3) is 0 Å². The molecule has 0 aliphatic carbocycles. The molecule has 0 saturated heterocycles. The van der Waals surface area contributed by atoms with E-state index in [0.717, 1.165) is 5.56 Å². The Labute approximate surface area is 187 Å². The molecule has 3 aromatic carbocycles. The van der Waals surface area contributed by atoms with Gasteiger partial charge in [0, 0.05) is 29.1 Å². The van der Waals surface area contributed by atoms with Crippen LogP contribution in [-0.2, 0) is 4.79 Å². The fourth-order valence-electron chi connectivity index (χ4n) is 3.31. The van der Waals surface area contributed by atoms with Gasteiger partial charge in [-0.1, -0.05) is 42.5 Å². The third kappa shape index (κ3) is 5.18. The molecule has 1 atom stereocenters. The Morgan fingerprint density at radius 1 is 0.781 bits per heavy atom. The van der Waals surface area contributed by atoms with Crippen molar-refractivity contribution in [3.63, 3.8) is 0 Å². The molecule has 0 radical (unpaired) electrons. The SMILES string of the molecule is COc1cc(N[C@@H](C(=O)Nc2cccc(C(C)=O)c2)c2ccccc2)cc(OC)c1OC. The highest BCUT2D eigenvalue weighted by Crippen LogP contribution is 2.40. The van der Waals surface area contributed by atoms with Crippen molar-refractivity contribution in [2.75, 3.05) is 32.0 Å². The first-order valence-corrected chi connectivity index (χ1v) is 10.00. The Hall–Kier alpha value is -4.00. The number of hydrogen-bond donors (Lipinski definition) is 2. The highest BCUT2D eigenvalue weighted by Gasteiger charge is 2.23. The van der Waals surface area contributed by atoms with Crippen molar-refractivity contribution in [1.29, 1.82) is 0 Å². The maximum absolute atomic E-state index is 13.3. The monoisotopic (exact) mass is 434 g/mol. The lowest BCUT2D eigenvalue weighted by molar-refractivity contribution is -0.117. The summed E-state index contributed by atoms with van der Waals surface area (Å²) < 4.78 is 16.2. The summed E-state index contributed by atoms with van der Waals surface area (Å²) in [5, 5.41) is 6.15. The van der Waals surface area contributed by atoms with Crippen molar-refractivity contribution in [2.24, 2.45) is 0 Å². The van der Waals surface area contributed by atoms with Gasteiger partial charge in [0.25, 0.3) is 5.91 Å². The zero-order valence-electron chi connectivity index (χ0n) is 18.5. The minimum atomic E-state index is -0.722. The second-order valence-electron chi connectivity index (χ2n) is 7.03. The van der Waals surface area contributed by atoms with Gasteiger partial charge in [-0.15, -0.1) is 0 Å². The van der Waals surface area contributed by atoms with E-state index < -0.39 is 6.04 Å². The van der Waals surface area contributed by atoms with Crippen molar-refractivity contribution >= 4 is 23.1 Å². The summed E-state index contributed by atoms with van der Waals surface area (Å²) in [4.78, 5) is 25.0. The Bertz CT molecular complexity index is 1070. The van der Waals surface area contributed by atoms with Crippen LogP contribution >= 0.6 is 0 Å². The van der Waals surface area contributed by atoms with E-state index in [1.54, 1.807) is 36.4 Å². The van der Waals surface area contributed by atoms with E-state index in [0.29, 0.717) is 34.2 Å². The van der Waals surface area contributed by atoms with E-state index in [-0.39, 0.29) is 11.7 Å². The zero-order chi connectivity index (χ0) is 23.1. The number of benzene rings is 3. The molecule has 0 heterocycles. The van der Waals surface area contributed by atoms with Crippen LogP contribution in [0.3, 0.4) is 0 Å². The molecular formula is C25H26N2O5. The second-order valence-corrected chi connectivity index (χ2v) is 7.03. The number of hydrogen-bond acceptors (Lipinski definition) is 6. The second kappa shape index (κ2) is 10.3. The number of ether oxygens (including phenoxy) is 3. The highest BCUT2D eigenvalue weighted by molar-refractivity contribution is 5.99. The molecule has 0 spiro atoms. The lowest BCUT2D eigenvalue weighted by Gasteiger charge is -2.22. The Kier molecular flexibility index (Phi) is 7.33. The molecule has 3 aromatic rings. The van der Waals surface area contributed by atoms with Gasteiger partial charge in [-0.2, -0.15) is 0 Å². The Morgan fingerprint density at radius 2 is 1.44 bits per heavy atom. The van der Waals surface area contributed by atoms with E-state index in [9.17, 15) is 9.59 Å². The van der Waals surface area contributed by atoms with E-state index in [1.807, 2.05) is 30.3 Å². The van der Waals surface area contributed by atoms with Gasteiger partial charge in [0.1, 0.15) is 6.04 Å². The minimum absolute atomic E-state index is 0.0729. The van der Waals surface area contributed by atoms with Crippen LogP contribution in [0.4, 0.5) is 11.4 Å². The van der Waals surface area contributed by atoms with Gasteiger partial charge in [0.15, 0.2) is 17.3 Å². The fraction of sp³-hybridized carbons (Fsp3) is 0.200. The number of carbonyl (C=O) groups excluding carboxylic acids is 2. The first-order chi connectivity index (χ1) is 15.5. The molecule has 0 aliphatic heterocycles. The van der Waals surface area contributed by atoms with Crippen molar-refractivity contribution in [3.05, 3.63) is 77.9 Å².